The van der Waals surface area contributed by atoms with Gasteiger partial charge in [0.25, 0.3) is 0 Å². The number of carbonyl (C=O) groups excluding carboxylic acids is 2. The van der Waals surface area contributed by atoms with Crippen LogP contribution in [-0.4, -0.2) is 22.6 Å². The van der Waals surface area contributed by atoms with E-state index in [1.165, 1.54) is 30.0 Å². The zero-order valence-electron chi connectivity index (χ0n) is 15.3. The highest BCUT2D eigenvalue weighted by molar-refractivity contribution is 5.79. The van der Waals surface area contributed by atoms with Gasteiger partial charge in [-0.1, -0.05) is 29.8 Å². The van der Waals surface area contributed by atoms with Crippen LogP contribution >= 0.6 is 0 Å². The van der Waals surface area contributed by atoms with Crippen LogP contribution in [0, 0.1) is 6.92 Å². The predicted molar refractivity (Wildman–Crippen MR) is 94.7 cm³/mol. The van der Waals surface area contributed by atoms with Crippen molar-refractivity contribution in [2.75, 3.05) is 0 Å². The number of alkyl halides is 3. The fourth-order valence-electron chi connectivity index (χ4n) is 2.75. The summed E-state index contributed by atoms with van der Waals surface area (Å²) in [6.07, 6.45) is -2.15. The predicted octanol–water partition coefficient (Wildman–Crippen LogP) is 3.32. The first kappa shape index (κ1) is 20.5. The first-order chi connectivity index (χ1) is 12.6. The van der Waals surface area contributed by atoms with Crippen LogP contribution in [0.25, 0.3) is 0 Å². The number of aromatic nitrogens is 1. The summed E-state index contributed by atoms with van der Waals surface area (Å²) in [6.45, 7) is 3.18. The summed E-state index contributed by atoms with van der Waals surface area (Å²) in [5.41, 5.74) is 1.59. The summed E-state index contributed by atoms with van der Waals surface area (Å²) in [7, 11) is 1.60. The fraction of sp³-hybridized carbons (Fsp3) is 0.368. The van der Waals surface area contributed by atoms with Gasteiger partial charge in [0.1, 0.15) is 0 Å². The molecule has 0 aliphatic heterocycles. The highest BCUT2D eigenvalue weighted by Crippen LogP contribution is 2.33. The summed E-state index contributed by atoms with van der Waals surface area (Å²) in [5, 5.41) is 4.66. The molecule has 2 amide bonds. The minimum Gasteiger partial charge on any atom is -0.357 e. The first-order valence-corrected chi connectivity index (χ1v) is 8.38. The number of nitrogens with one attached hydrogen (secondary N) is 2. The number of nitrogens with zero attached hydrogens (tertiary/aromatic N) is 1. The van der Waals surface area contributed by atoms with Crippen molar-refractivity contribution >= 4 is 11.8 Å². The van der Waals surface area contributed by atoms with E-state index >= 15 is 0 Å². The molecule has 0 saturated heterocycles. The van der Waals surface area contributed by atoms with E-state index in [0.29, 0.717) is 5.56 Å². The number of halogens is 3. The Kier molecular flexibility index (Phi) is 6.30. The van der Waals surface area contributed by atoms with E-state index in [4.69, 9.17) is 0 Å². The Bertz CT molecular complexity index is 797. The van der Waals surface area contributed by atoms with Gasteiger partial charge in [0, 0.05) is 31.9 Å². The smallest absolute Gasteiger partial charge is 0.357 e. The fourth-order valence-corrected chi connectivity index (χ4v) is 2.75. The third-order valence-electron chi connectivity index (χ3n) is 4.07. The minimum atomic E-state index is -4.63. The molecule has 0 radical (unpaired) electrons. The molecule has 0 aliphatic carbocycles. The van der Waals surface area contributed by atoms with E-state index in [1.54, 1.807) is 19.2 Å². The zero-order valence-corrected chi connectivity index (χ0v) is 15.3. The lowest BCUT2D eigenvalue weighted by atomic mass is 10.0. The van der Waals surface area contributed by atoms with Crippen molar-refractivity contribution in [2.24, 2.45) is 7.05 Å². The van der Waals surface area contributed by atoms with Crippen LogP contribution < -0.4 is 10.6 Å². The van der Waals surface area contributed by atoms with E-state index in [9.17, 15) is 22.8 Å². The van der Waals surface area contributed by atoms with Crippen molar-refractivity contribution in [1.82, 2.24) is 15.2 Å². The molecular weight excluding hydrogens is 359 g/mol. The molecule has 2 N–H and O–H groups in total. The van der Waals surface area contributed by atoms with Gasteiger partial charge in [-0.3, -0.25) is 9.59 Å². The van der Waals surface area contributed by atoms with Crippen LogP contribution in [0.2, 0.25) is 0 Å². The second-order valence-electron chi connectivity index (χ2n) is 6.52. The van der Waals surface area contributed by atoms with Crippen LogP contribution in [0.3, 0.4) is 0 Å². The molecule has 0 bridgehead atoms. The van der Waals surface area contributed by atoms with E-state index in [1.807, 2.05) is 24.4 Å². The van der Waals surface area contributed by atoms with E-state index in [-0.39, 0.29) is 17.9 Å². The number of carbonyl (C=O) groups is 2. The van der Waals surface area contributed by atoms with Gasteiger partial charge in [0.2, 0.25) is 11.8 Å². The Hall–Kier alpha value is -2.77. The average Bonchev–Trinajstić information content (AvgIpc) is 2.97. The van der Waals surface area contributed by atoms with Gasteiger partial charge in [0.15, 0.2) is 6.04 Å². The zero-order chi connectivity index (χ0) is 20.2. The molecule has 27 heavy (non-hydrogen) atoms. The van der Waals surface area contributed by atoms with Gasteiger partial charge in [-0.25, -0.2) is 0 Å². The van der Waals surface area contributed by atoms with Crippen molar-refractivity contribution < 1.29 is 22.8 Å². The van der Waals surface area contributed by atoms with E-state index < -0.39 is 24.2 Å². The van der Waals surface area contributed by atoms with Gasteiger partial charge in [-0.15, -0.1) is 0 Å². The number of hydrogen-bond donors (Lipinski definition) is 2. The second-order valence-corrected chi connectivity index (χ2v) is 6.52. The molecule has 0 fully saturated rings. The Morgan fingerprint density at radius 3 is 2.19 bits per heavy atom. The summed E-state index contributed by atoms with van der Waals surface area (Å²) >= 11 is 0. The van der Waals surface area contributed by atoms with Crippen LogP contribution in [0.4, 0.5) is 13.2 Å². The van der Waals surface area contributed by atoms with Crippen molar-refractivity contribution in [1.29, 1.82) is 0 Å². The molecule has 0 unspecified atom stereocenters. The molecule has 8 heteroatoms. The molecule has 0 saturated carbocycles. The normalized spacial score (nSPS) is 13.7. The number of benzene rings is 1. The Labute approximate surface area is 155 Å². The molecule has 1 aromatic carbocycles. The van der Waals surface area contributed by atoms with E-state index in [2.05, 4.69) is 5.32 Å². The summed E-state index contributed by atoms with van der Waals surface area (Å²) in [6, 6.07) is 5.58. The molecule has 1 heterocycles. The van der Waals surface area contributed by atoms with Crippen LogP contribution in [0.1, 0.15) is 42.1 Å². The van der Waals surface area contributed by atoms with E-state index in [0.717, 1.165) is 5.56 Å². The minimum absolute atomic E-state index is 0.0511. The molecule has 2 rings (SSSR count). The largest absolute Gasteiger partial charge is 0.412 e. The maximum atomic E-state index is 13.4. The lowest BCUT2D eigenvalue weighted by Gasteiger charge is -2.23. The third-order valence-corrected chi connectivity index (χ3v) is 4.07. The molecular formula is C19H22F3N3O2. The van der Waals surface area contributed by atoms with Gasteiger partial charge in [-0.2, -0.15) is 13.2 Å². The number of amides is 2. The molecule has 5 nitrogen and oxygen atoms in total. The monoisotopic (exact) mass is 381 g/mol. The van der Waals surface area contributed by atoms with Crippen molar-refractivity contribution in [2.45, 2.75) is 38.5 Å². The molecule has 146 valence electrons. The highest BCUT2D eigenvalue weighted by Gasteiger charge is 2.42. The molecule has 1 aromatic heterocycles. The first-order valence-electron chi connectivity index (χ1n) is 8.38. The highest BCUT2D eigenvalue weighted by atomic mass is 19.4. The number of rotatable bonds is 6. The number of aryl methyl sites for hydroxylation is 2. The maximum Gasteiger partial charge on any atom is 0.412 e. The lowest BCUT2D eigenvalue weighted by Crippen LogP contribution is -2.40. The lowest BCUT2D eigenvalue weighted by molar-refractivity contribution is -0.163. The molecule has 2 atom stereocenters. The Morgan fingerprint density at radius 2 is 1.70 bits per heavy atom. The van der Waals surface area contributed by atoms with Gasteiger partial charge < -0.3 is 15.2 Å². The van der Waals surface area contributed by atoms with Crippen molar-refractivity contribution in [3.05, 3.63) is 59.4 Å². The standard InChI is InChI=1S/C19H22F3N3O2/c1-12-4-6-14(7-5-12)16(23-13(2)26)10-17(27)24-18(19(20,21)22)15-8-9-25(3)11-15/h4-9,11,16,18H,10H2,1-3H3,(H,23,26)(H,24,27)/t16-,18-/m1/s1. The Balaban J connectivity index is 2.17. The molecule has 0 spiro atoms. The Morgan fingerprint density at radius 1 is 1.07 bits per heavy atom. The number of hydrogen-bond acceptors (Lipinski definition) is 2. The summed E-state index contributed by atoms with van der Waals surface area (Å²) in [4.78, 5) is 23.8. The SMILES string of the molecule is CC(=O)N[C@H](CC(=O)N[C@H](c1ccn(C)c1)C(F)(F)F)c1ccc(C)cc1. The van der Waals surface area contributed by atoms with Crippen LogP contribution in [0.5, 0.6) is 0 Å². The van der Waals surface area contributed by atoms with Gasteiger partial charge in [-0.05, 0) is 18.6 Å². The van der Waals surface area contributed by atoms with Crippen LogP contribution in [0.15, 0.2) is 42.7 Å². The quantitative estimate of drug-likeness (QED) is 0.806. The van der Waals surface area contributed by atoms with Crippen molar-refractivity contribution in [3.63, 3.8) is 0 Å². The summed E-state index contributed by atoms with van der Waals surface area (Å²) in [5.74, 6) is -1.18. The van der Waals surface area contributed by atoms with Crippen LogP contribution in [-0.2, 0) is 16.6 Å². The maximum absolute atomic E-state index is 13.4. The topological polar surface area (TPSA) is 63.1 Å². The van der Waals surface area contributed by atoms with Gasteiger partial charge >= 0.3 is 6.18 Å². The average molecular weight is 381 g/mol. The molecule has 0 aliphatic rings. The van der Waals surface area contributed by atoms with Crippen molar-refractivity contribution in [3.8, 4) is 0 Å². The second kappa shape index (κ2) is 8.28. The molecule has 2 aromatic rings. The summed E-state index contributed by atoms with van der Waals surface area (Å²) < 4.78 is 41.7. The third kappa shape index (κ3) is 5.87. The van der Waals surface area contributed by atoms with Gasteiger partial charge in [0.05, 0.1) is 12.5 Å².